The topological polar surface area (TPSA) is 68.8 Å². The third-order valence-corrected chi connectivity index (χ3v) is 4.43. The second-order valence-electron chi connectivity index (χ2n) is 7.36. The summed E-state index contributed by atoms with van der Waals surface area (Å²) >= 11 is 0. The van der Waals surface area contributed by atoms with Crippen LogP contribution < -0.4 is 16.0 Å². The second kappa shape index (κ2) is 13.1. The maximum atomic E-state index is 13.1. The second-order valence-corrected chi connectivity index (χ2v) is 7.36. The van der Waals surface area contributed by atoms with Crippen LogP contribution >= 0.6 is 0 Å². The van der Waals surface area contributed by atoms with E-state index in [9.17, 15) is 9.18 Å². The molecule has 6 nitrogen and oxygen atoms in total. The largest absolute Gasteiger partial charge is 0.356 e. The van der Waals surface area contributed by atoms with Crippen molar-refractivity contribution in [2.24, 2.45) is 4.99 Å². The number of nitrogens with zero attached hydrogens (tertiary/aromatic N) is 2. The Balaban J connectivity index is 2.19. The fourth-order valence-electron chi connectivity index (χ4n) is 3.08. The molecule has 0 unspecified atom stereocenters. The van der Waals surface area contributed by atoms with Crippen LogP contribution in [0.5, 0.6) is 0 Å². The summed E-state index contributed by atoms with van der Waals surface area (Å²) in [5.41, 5.74) is 0.666. The van der Waals surface area contributed by atoms with Gasteiger partial charge < -0.3 is 16.0 Å². The Kier molecular flexibility index (Phi) is 11.2. The van der Waals surface area contributed by atoms with Crippen LogP contribution in [-0.2, 0) is 11.2 Å². The van der Waals surface area contributed by atoms with Gasteiger partial charge in [-0.15, -0.1) is 0 Å². The van der Waals surface area contributed by atoms with Crippen molar-refractivity contribution in [1.82, 2.24) is 20.9 Å². The van der Waals surface area contributed by atoms with Gasteiger partial charge in [-0.25, -0.2) is 4.39 Å². The normalized spacial score (nSPS) is 12.0. The minimum atomic E-state index is -0.327. The smallest absolute Gasteiger partial charge is 0.224 e. The predicted octanol–water partition coefficient (Wildman–Crippen LogP) is 2.16. The SMILES string of the molecule is CN=C(NCCCN(C(C)C)C(C)C)NCCNC(=O)Cc1cccc(F)c1. The molecule has 1 aromatic carbocycles. The van der Waals surface area contributed by atoms with Crippen molar-refractivity contribution in [1.29, 1.82) is 0 Å². The summed E-state index contributed by atoms with van der Waals surface area (Å²) in [5.74, 6) is 0.268. The molecule has 0 aliphatic heterocycles. The van der Waals surface area contributed by atoms with Crippen molar-refractivity contribution in [3.8, 4) is 0 Å². The Morgan fingerprint density at radius 3 is 2.32 bits per heavy atom. The number of hydrogen-bond acceptors (Lipinski definition) is 3. The zero-order valence-corrected chi connectivity index (χ0v) is 17.9. The number of hydrogen-bond donors (Lipinski definition) is 3. The van der Waals surface area contributed by atoms with E-state index in [-0.39, 0.29) is 18.1 Å². The highest BCUT2D eigenvalue weighted by molar-refractivity contribution is 5.80. The minimum absolute atomic E-state index is 0.127. The molecular formula is C21H36FN5O. The first-order valence-corrected chi connectivity index (χ1v) is 10.0. The van der Waals surface area contributed by atoms with Gasteiger partial charge in [-0.3, -0.25) is 14.7 Å². The molecule has 0 spiro atoms. The van der Waals surface area contributed by atoms with E-state index in [1.165, 1.54) is 12.1 Å². The Labute approximate surface area is 169 Å². The molecule has 0 atom stereocenters. The van der Waals surface area contributed by atoms with Crippen molar-refractivity contribution in [2.45, 2.75) is 52.6 Å². The monoisotopic (exact) mass is 393 g/mol. The molecule has 0 radical (unpaired) electrons. The average molecular weight is 394 g/mol. The molecule has 0 fully saturated rings. The Morgan fingerprint density at radius 1 is 1.07 bits per heavy atom. The first kappa shape index (κ1) is 23.9. The van der Waals surface area contributed by atoms with E-state index < -0.39 is 0 Å². The van der Waals surface area contributed by atoms with Crippen LogP contribution in [0, 0.1) is 5.82 Å². The van der Waals surface area contributed by atoms with Crippen LogP contribution in [0.3, 0.4) is 0 Å². The molecule has 1 rings (SSSR count). The molecule has 0 saturated heterocycles. The lowest BCUT2D eigenvalue weighted by atomic mass is 10.1. The number of carbonyl (C=O) groups excluding carboxylic acids is 1. The number of aliphatic imine (C=N–C) groups is 1. The molecule has 3 N–H and O–H groups in total. The molecule has 1 aromatic rings. The lowest BCUT2D eigenvalue weighted by molar-refractivity contribution is -0.120. The minimum Gasteiger partial charge on any atom is -0.356 e. The third kappa shape index (κ3) is 9.69. The van der Waals surface area contributed by atoms with E-state index in [0.29, 0.717) is 30.7 Å². The molecule has 0 aromatic heterocycles. The molecule has 0 saturated carbocycles. The van der Waals surface area contributed by atoms with E-state index in [1.807, 2.05) is 0 Å². The fraction of sp³-hybridized carbons (Fsp3) is 0.619. The molecule has 28 heavy (non-hydrogen) atoms. The number of benzene rings is 1. The van der Waals surface area contributed by atoms with Gasteiger partial charge in [0.15, 0.2) is 5.96 Å². The van der Waals surface area contributed by atoms with Crippen molar-refractivity contribution in [3.05, 3.63) is 35.6 Å². The summed E-state index contributed by atoms with van der Waals surface area (Å²) in [6.07, 6.45) is 1.20. The van der Waals surface area contributed by atoms with Crippen LogP contribution in [0.25, 0.3) is 0 Å². The van der Waals surface area contributed by atoms with E-state index in [4.69, 9.17) is 0 Å². The summed E-state index contributed by atoms with van der Waals surface area (Å²) in [5, 5.41) is 9.30. The first-order valence-electron chi connectivity index (χ1n) is 10.0. The molecule has 1 amide bonds. The maximum absolute atomic E-state index is 13.1. The van der Waals surface area contributed by atoms with Crippen LogP contribution in [0.4, 0.5) is 4.39 Å². The average Bonchev–Trinajstić information content (AvgIpc) is 2.62. The molecule has 158 valence electrons. The number of amides is 1. The summed E-state index contributed by atoms with van der Waals surface area (Å²) < 4.78 is 13.1. The summed E-state index contributed by atoms with van der Waals surface area (Å²) in [6, 6.07) is 7.17. The molecule has 0 aliphatic carbocycles. The summed E-state index contributed by atoms with van der Waals surface area (Å²) in [6.45, 7) is 11.8. The van der Waals surface area contributed by atoms with Crippen LogP contribution in [0.15, 0.2) is 29.3 Å². The summed E-state index contributed by atoms with van der Waals surface area (Å²) in [4.78, 5) is 18.6. The van der Waals surface area contributed by atoms with Crippen LogP contribution in [0.2, 0.25) is 0 Å². The van der Waals surface area contributed by atoms with E-state index in [1.54, 1.807) is 19.2 Å². The van der Waals surface area contributed by atoms with Crippen LogP contribution in [0.1, 0.15) is 39.7 Å². The number of nitrogens with one attached hydrogen (secondary N) is 3. The molecule has 7 heteroatoms. The van der Waals surface area contributed by atoms with Gasteiger partial charge in [0.1, 0.15) is 5.82 Å². The standard InChI is InChI=1S/C21H36FN5O/c1-16(2)27(17(3)4)13-7-10-25-21(23-5)26-12-11-24-20(28)15-18-8-6-9-19(22)14-18/h6,8-9,14,16-17H,7,10-13,15H2,1-5H3,(H,24,28)(H2,23,25,26). The van der Waals surface area contributed by atoms with Gasteiger partial charge in [0.05, 0.1) is 6.42 Å². The number of rotatable bonds is 11. The molecular weight excluding hydrogens is 357 g/mol. The lowest BCUT2D eigenvalue weighted by Gasteiger charge is -2.30. The van der Waals surface area contributed by atoms with Gasteiger partial charge >= 0.3 is 0 Å². The fourth-order valence-corrected chi connectivity index (χ4v) is 3.08. The Hall–Kier alpha value is -2.15. The van der Waals surface area contributed by atoms with E-state index in [2.05, 4.69) is 53.5 Å². The molecule has 0 bridgehead atoms. The first-order chi connectivity index (χ1) is 13.3. The zero-order chi connectivity index (χ0) is 20.9. The highest BCUT2D eigenvalue weighted by atomic mass is 19.1. The number of carbonyl (C=O) groups is 1. The molecule has 0 heterocycles. The van der Waals surface area contributed by atoms with E-state index in [0.717, 1.165) is 25.5 Å². The van der Waals surface area contributed by atoms with Gasteiger partial charge in [-0.1, -0.05) is 12.1 Å². The quantitative estimate of drug-likeness (QED) is 0.306. The highest BCUT2D eigenvalue weighted by Crippen LogP contribution is 2.05. The number of halogens is 1. The van der Waals surface area contributed by atoms with Gasteiger partial charge in [0.2, 0.25) is 5.91 Å². The van der Waals surface area contributed by atoms with Crippen molar-refractivity contribution < 1.29 is 9.18 Å². The zero-order valence-electron chi connectivity index (χ0n) is 17.9. The van der Waals surface area contributed by atoms with Crippen molar-refractivity contribution in [3.63, 3.8) is 0 Å². The number of guanidine groups is 1. The van der Waals surface area contributed by atoms with Crippen molar-refractivity contribution in [2.75, 3.05) is 33.2 Å². The van der Waals surface area contributed by atoms with Gasteiger partial charge in [0, 0.05) is 45.3 Å². The summed E-state index contributed by atoms with van der Waals surface area (Å²) in [7, 11) is 1.73. The van der Waals surface area contributed by atoms with Gasteiger partial charge in [-0.05, 0) is 51.8 Å². The Bertz CT molecular complexity index is 611. The van der Waals surface area contributed by atoms with Gasteiger partial charge in [0.25, 0.3) is 0 Å². The van der Waals surface area contributed by atoms with E-state index >= 15 is 0 Å². The highest BCUT2D eigenvalue weighted by Gasteiger charge is 2.12. The molecule has 0 aliphatic rings. The Morgan fingerprint density at radius 2 is 1.71 bits per heavy atom. The predicted molar refractivity (Wildman–Crippen MR) is 114 cm³/mol. The van der Waals surface area contributed by atoms with Gasteiger partial charge in [-0.2, -0.15) is 0 Å². The van der Waals surface area contributed by atoms with Crippen molar-refractivity contribution >= 4 is 11.9 Å². The third-order valence-electron chi connectivity index (χ3n) is 4.43. The maximum Gasteiger partial charge on any atom is 0.224 e. The lowest BCUT2D eigenvalue weighted by Crippen LogP contribution is -2.43. The van der Waals surface area contributed by atoms with Crippen LogP contribution in [-0.4, -0.2) is 62.1 Å².